The van der Waals surface area contributed by atoms with E-state index in [1.165, 1.54) is 44.9 Å². The fraction of sp³-hybridized carbons (Fsp3) is 0.750. The molecule has 2 atom stereocenters. The van der Waals surface area contributed by atoms with Crippen molar-refractivity contribution in [3.05, 3.63) is 21.9 Å². The number of likely N-dealkylation sites (N-methyl/N-ethyl adjacent to an activating group) is 1. The van der Waals surface area contributed by atoms with Gasteiger partial charge in [-0.1, -0.05) is 19.8 Å². The van der Waals surface area contributed by atoms with Crippen LogP contribution in [0.3, 0.4) is 0 Å². The van der Waals surface area contributed by atoms with Gasteiger partial charge in [-0.2, -0.15) is 0 Å². The van der Waals surface area contributed by atoms with Crippen LogP contribution in [0.25, 0.3) is 0 Å². The normalized spacial score (nSPS) is 24.8. The average Bonchev–Trinajstić information content (AvgIpc) is 3.09. The molecular formula is C16H25NS. The lowest BCUT2D eigenvalue weighted by Crippen LogP contribution is -2.36. The molecule has 2 unspecified atom stereocenters. The number of fused-ring (bicyclic) bond motifs is 1. The Morgan fingerprint density at radius 3 is 3.06 bits per heavy atom. The van der Waals surface area contributed by atoms with E-state index in [1.807, 2.05) is 11.3 Å². The molecule has 0 saturated heterocycles. The number of rotatable bonds is 6. The van der Waals surface area contributed by atoms with E-state index >= 15 is 0 Å². The maximum Gasteiger partial charge on any atom is 0.0136 e. The fourth-order valence-electron chi connectivity index (χ4n) is 3.47. The molecule has 100 valence electrons. The second-order valence-corrected chi connectivity index (χ2v) is 6.98. The van der Waals surface area contributed by atoms with Crippen molar-refractivity contribution in [1.82, 2.24) is 5.32 Å². The van der Waals surface area contributed by atoms with Gasteiger partial charge in [0.1, 0.15) is 0 Å². The molecule has 2 heteroatoms. The second kappa shape index (κ2) is 5.75. The first-order chi connectivity index (χ1) is 8.88. The van der Waals surface area contributed by atoms with Gasteiger partial charge in [0.15, 0.2) is 0 Å². The maximum absolute atomic E-state index is 3.77. The third-order valence-electron chi connectivity index (χ3n) is 4.63. The van der Waals surface area contributed by atoms with Crippen molar-refractivity contribution in [1.29, 1.82) is 0 Å². The van der Waals surface area contributed by atoms with Gasteiger partial charge >= 0.3 is 0 Å². The van der Waals surface area contributed by atoms with Crippen molar-refractivity contribution in [2.75, 3.05) is 6.54 Å². The highest BCUT2D eigenvalue weighted by atomic mass is 32.1. The molecule has 2 aliphatic carbocycles. The van der Waals surface area contributed by atoms with Gasteiger partial charge in [-0.15, -0.1) is 11.3 Å². The third kappa shape index (κ3) is 2.80. The Morgan fingerprint density at radius 2 is 2.28 bits per heavy atom. The summed E-state index contributed by atoms with van der Waals surface area (Å²) in [6.45, 7) is 3.37. The highest BCUT2D eigenvalue weighted by Gasteiger charge is 2.30. The highest BCUT2D eigenvalue weighted by Crippen LogP contribution is 2.40. The van der Waals surface area contributed by atoms with Crippen LogP contribution in [0.1, 0.15) is 61.8 Å². The predicted molar refractivity (Wildman–Crippen MR) is 79.4 cm³/mol. The summed E-state index contributed by atoms with van der Waals surface area (Å²) in [6.07, 6.45) is 9.94. The average molecular weight is 263 g/mol. The molecule has 1 nitrogen and oxygen atoms in total. The van der Waals surface area contributed by atoms with Crippen molar-refractivity contribution >= 4 is 11.3 Å². The molecule has 1 N–H and O–H groups in total. The quantitative estimate of drug-likeness (QED) is 0.805. The Labute approximate surface area is 115 Å². The summed E-state index contributed by atoms with van der Waals surface area (Å²) in [5.74, 6) is 1.86. The minimum atomic E-state index is 0.726. The molecule has 18 heavy (non-hydrogen) atoms. The first-order valence-electron chi connectivity index (χ1n) is 7.68. The van der Waals surface area contributed by atoms with Crippen molar-refractivity contribution in [3.8, 4) is 0 Å². The van der Waals surface area contributed by atoms with E-state index in [-0.39, 0.29) is 0 Å². The van der Waals surface area contributed by atoms with Crippen molar-refractivity contribution < 1.29 is 0 Å². The van der Waals surface area contributed by atoms with E-state index in [1.54, 1.807) is 10.4 Å². The molecule has 0 aliphatic heterocycles. The standard InChI is InChI=1S/C16H25NS/c1-2-17-15(9-8-12-6-7-12)13-4-3-5-16-14(13)10-11-18-16/h10-13,15,17H,2-9H2,1H3. The zero-order valence-corrected chi connectivity index (χ0v) is 12.3. The lowest BCUT2D eigenvalue weighted by molar-refractivity contribution is 0.368. The van der Waals surface area contributed by atoms with E-state index in [9.17, 15) is 0 Å². The van der Waals surface area contributed by atoms with Crippen LogP contribution in [0.4, 0.5) is 0 Å². The molecule has 2 aliphatic rings. The first kappa shape index (κ1) is 12.7. The molecule has 1 saturated carbocycles. The molecule has 0 aromatic carbocycles. The van der Waals surface area contributed by atoms with Crippen LogP contribution in [0, 0.1) is 5.92 Å². The Balaban J connectivity index is 1.69. The highest BCUT2D eigenvalue weighted by molar-refractivity contribution is 7.10. The maximum atomic E-state index is 3.77. The first-order valence-corrected chi connectivity index (χ1v) is 8.56. The van der Waals surface area contributed by atoms with E-state index in [0.29, 0.717) is 0 Å². The number of aryl methyl sites for hydroxylation is 1. The fourth-order valence-corrected chi connectivity index (χ4v) is 4.47. The number of hydrogen-bond acceptors (Lipinski definition) is 2. The van der Waals surface area contributed by atoms with E-state index < -0.39 is 0 Å². The lowest BCUT2D eigenvalue weighted by Gasteiger charge is -2.31. The molecule has 1 aromatic rings. The summed E-state index contributed by atoms with van der Waals surface area (Å²) in [5.41, 5.74) is 1.67. The molecule has 3 rings (SSSR count). The van der Waals surface area contributed by atoms with Gasteiger partial charge in [-0.3, -0.25) is 0 Å². The van der Waals surface area contributed by atoms with Crippen LogP contribution in [0.2, 0.25) is 0 Å². The van der Waals surface area contributed by atoms with Crippen LogP contribution in [-0.2, 0) is 6.42 Å². The zero-order valence-electron chi connectivity index (χ0n) is 11.5. The van der Waals surface area contributed by atoms with Gasteiger partial charge in [0.05, 0.1) is 0 Å². The van der Waals surface area contributed by atoms with E-state index in [4.69, 9.17) is 0 Å². The second-order valence-electron chi connectivity index (χ2n) is 5.98. The number of nitrogens with one attached hydrogen (secondary N) is 1. The number of thiophene rings is 1. The smallest absolute Gasteiger partial charge is 0.0136 e. The van der Waals surface area contributed by atoms with Gasteiger partial charge in [0.25, 0.3) is 0 Å². The Hall–Kier alpha value is -0.340. The molecule has 1 heterocycles. The summed E-state index contributed by atoms with van der Waals surface area (Å²) in [4.78, 5) is 1.67. The van der Waals surface area contributed by atoms with Gasteiger partial charge in [-0.25, -0.2) is 0 Å². The Bertz CT molecular complexity index is 380. The Morgan fingerprint density at radius 1 is 1.39 bits per heavy atom. The van der Waals surface area contributed by atoms with Crippen LogP contribution < -0.4 is 5.32 Å². The van der Waals surface area contributed by atoms with Gasteiger partial charge < -0.3 is 5.32 Å². The molecule has 1 fully saturated rings. The van der Waals surface area contributed by atoms with Crippen molar-refractivity contribution in [2.45, 2.75) is 63.8 Å². The number of hydrogen-bond donors (Lipinski definition) is 1. The van der Waals surface area contributed by atoms with Crippen molar-refractivity contribution in [2.24, 2.45) is 5.92 Å². The van der Waals surface area contributed by atoms with Gasteiger partial charge in [0, 0.05) is 16.8 Å². The molecule has 0 radical (unpaired) electrons. The molecule has 0 spiro atoms. The molecule has 1 aromatic heterocycles. The van der Waals surface area contributed by atoms with Crippen molar-refractivity contribution in [3.63, 3.8) is 0 Å². The van der Waals surface area contributed by atoms with E-state index in [0.717, 1.165) is 24.4 Å². The Kier molecular flexibility index (Phi) is 4.05. The lowest BCUT2D eigenvalue weighted by atomic mass is 9.80. The SMILES string of the molecule is CCNC(CCC1CC1)C1CCCc2sccc21. The van der Waals surface area contributed by atoms with Gasteiger partial charge in [0.2, 0.25) is 0 Å². The van der Waals surface area contributed by atoms with Crippen LogP contribution in [0.15, 0.2) is 11.4 Å². The molecular weight excluding hydrogens is 238 g/mol. The summed E-state index contributed by atoms with van der Waals surface area (Å²) in [7, 11) is 0. The monoisotopic (exact) mass is 263 g/mol. The van der Waals surface area contributed by atoms with E-state index in [2.05, 4.69) is 23.7 Å². The summed E-state index contributed by atoms with van der Waals surface area (Å²) < 4.78 is 0. The zero-order chi connectivity index (χ0) is 12.4. The van der Waals surface area contributed by atoms with Gasteiger partial charge in [-0.05, 0) is 61.6 Å². The predicted octanol–water partition coefficient (Wildman–Crippen LogP) is 4.34. The summed E-state index contributed by atoms with van der Waals surface area (Å²) >= 11 is 1.97. The topological polar surface area (TPSA) is 12.0 Å². The molecule has 0 bridgehead atoms. The molecule has 0 amide bonds. The van der Waals surface area contributed by atoms with Crippen LogP contribution in [0.5, 0.6) is 0 Å². The minimum Gasteiger partial charge on any atom is -0.314 e. The van der Waals surface area contributed by atoms with Crippen LogP contribution in [-0.4, -0.2) is 12.6 Å². The summed E-state index contributed by atoms with van der Waals surface area (Å²) in [6, 6.07) is 3.12. The van der Waals surface area contributed by atoms with Crippen LogP contribution >= 0.6 is 11.3 Å². The largest absolute Gasteiger partial charge is 0.314 e. The minimum absolute atomic E-state index is 0.726. The summed E-state index contributed by atoms with van der Waals surface area (Å²) in [5, 5.41) is 6.07. The third-order valence-corrected chi connectivity index (χ3v) is 5.63.